The Morgan fingerprint density at radius 3 is 2.04 bits per heavy atom. The predicted octanol–water partition coefficient (Wildman–Crippen LogP) is 4.46. The van der Waals surface area contributed by atoms with Crippen LogP contribution in [0.1, 0.15) is 71.3 Å². The van der Waals surface area contributed by atoms with E-state index in [1.807, 2.05) is 83.5 Å². The van der Waals surface area contributed by atoms with Crippen LogP contribution < -0.4 is 15.4 Å². The number of carbonyl (C=O) groups is 4. The average Bonchev–Trinajstić information content (AvgIpc) is 3.01. The van der Waals surface area contributed by atoms with Gasteiger partial charge in [0.1, 0.15) is 10.9 Å². The second-order valence-corrected chi connectivity index (χ2v) is 15.8. The Balaban J connectivity index is 2.37. The lowest BCUT2D eigenvalue weighted by Crippen LogP contribution is -2.61. The highest BCUT2D eigenvalue weighted by Crippen LogP contribution is 2.29. The van der Waals surface area contributed by atoms with Crippen LogP contribution in [-0.4, -0.2) is 76.3 Å². The number of likely N-dealkylation sites (N-methyl/N-ethyl adjacent to an activating group) is 2. The zero-order valence-electron chi connectivity index (χ0n) is 29.6. The SMILES string of the molecule is CN[C@H](C(=O)N[C@H](C(=O)N(C)[C@H](/C=C(\C)C(=O)NS(=O)(=O)c1cc(C(=O)OC)ccc1Cl)C(C)C)C(C)(C)C)C(C)(C)c1ccccc1. The molecule has 0 bridgehead atoms. The molecule has 0 fully saturated rings. The van der Waals surface area contributed by atoms with E-state index in [-0.39, 0.29) is 33.9 Å². The zero-order valence-corrected chi connectivity index (χ0v) is 31.2. The molecular formula is C35H49ClN4O7S. The molecule has 2 rings (SSSR count). The lowest BCUT2D eigenvalue weighted by molar-refractivity contribution is -0.140. The minimum atomic E-state index is -4.50. The fourth-order valence-electron chi connectivity index (χ4n) is 5.37. The highest BCUT2D eigenvalue weighted by molar-refractivity contribution is 7.90. The Hall–Kier alpha value is -3.74. The Morgan fingerprint density at radius 1 is 0.958 bits per heavy atom. The van der Waals surface area contributed by atoms with Gasteiger partial charge >= 0.3 is 5.97 Å². The van der Waals surface area contributed by atoms with Gasteiger partial charge in [-0.15, -0.1) is 0 Å². The van der Waals surface area contributed by atoms with Crippen molar-refractivity contribution in [2.24, 2.45) is 11.3 Å². The standard InChI is InChI=1S/C35H49ClN4O7S/c1-21(2)26(19-22(3)30(41)39-48(45,46)27-20-23(33(44)47-11)17-18-25(27)36)40(10)32(43)29(34(4,5)6)38-31(42)28(37-9)35(7,8)24-15-13-12-14-16-24/h12-21,26,28-29,37H,1-11H3,(H,38,42)(H,39,41)/b22-19+/t26-,28-,29-/m1/s1. The van der Waals surface area contributed by atoms with Gasteiger partial charge in [-0.05, 0) is 49.1 Å². The van der Waals surface area contributed by atoms with E-state index in [1.54, 1.807) is 14.1 Å². The second-order valence-electron chi connectivity index (χ2n) is 13.7. The first-order valence-electron chi connectivity index (χ1n) is 15.5. The van der Waals surface area contributed by atoms with E-state index in [1.165, 1.54) is 30.0 Å². The van der Waals surface area contributed by atoms with Crippen LogP contribution in [0, 0.1) is 11.3 Å². The normalized spacial score (nSPS) is 14.5. The first-order chi connectivity index (χ1) is 22.1. The Kier molecular flexibility index (Phi) is 13.6. The van der Waals surface area contributed by atoms with Crippen LogP contribution in [0.5, 0.6) is 0 Å². The quantitative estimate of drug-likeness (QED) is 0.204. The summed E-state index contributed by atoms with van der Waals surface area (Å²) < 4.78 is 32.9. The van der Waals surface area contributed by atoms with Gasteiger partial charge in [0.05, 0.1) is 29.8 Å². The zero-order chi connectivity index (χ0) is 36.8. The van der Waals surface area contributed by atoms with Crippen molar-refractivity contribution < 1.29 is 32.3 Å². The third-order valence-electron chi connectivity index (χ3n) is 8.32. The Bertz CT molecular complexity index is 1630. The van der Waals surface area contributed by atoms with E-state index in [9.17, 15) is 27.6 Å². The topological polar surface area (TPSA) is 151 Å². The van der Waals surface area contributed by atoms with Gasteiger partial charge in [0.15, 0.2) is 0 Å². The number of rotatable bonds is 13. The molecule has 0 saturated carbocycles. The first kappa shape index (κ1) is 40.4. The number of amides is 3. The fourth-order valence-corrected chi connectivity index (χ4v) is 6.92. The molecule has 0 saturated heterocycles. The average molecular weight is 705 g/mol. The lowest BCUT2D eigenvalue weighted by atomic mass is 9.76. The van der Waals surface area contributed by atoms with Gasteiger partial charge in [0, 0.05) is 18.0 Å². The fraction of sp³-hybridized carbons (Fsp3) is 0.486. The summed E-state index contributed by atoms with van der Waals surface area (Å²) in [6.07, 6.45) is 1.51. The number of hydrogen-bond acceptors (Lipinski definition) is 8. The van der Waals surface area contributed by atoms with E-state index in [4.69, 9.17) is 11.6 Å². The molecule has 0 radical (unpaired) electrons. The van der Waals surface area contributed by atoms with Crippen LogP contribution in [0.4, 0.5) is 0 Å². The summed E-state index contributed by atoms with van der Waals surface area (Å²) in [5.74, 6) is -2.65. The van der Waals surface area contributed by atoms with Gasteiger partial charge in [-0.3, -0.25) is 14.4 Å². The molecule has 0 aliphatic heterocycles. The summed E-state index contributed by atoms with van der Waals surface area (Å²) in [5, 5.41) is 5.91. The molecule has 3 amide bonds. The molecule has 2 aromatic rings. The van der Waals surface area contributed by atoms with Crippen molar-refractivity contribution in [1.82, 2.24) is 20.3 Å². The number of nitrogens with one attached hydrogen (secondary N) is 3. The summed E-state index contributed by atoms with van der Waals surface area (Å²) >= 11 is 6.11. The first-order valence-corrected chi connectivity index (χ1v) is 17.4. The summed E-state index contributed by atoms with van der Waals surface area (Å²) in [6.45, 7) is 14.6. The number of methoxy groups -OCH3 is 1. The van der Waals surface area contributed by atoms with Crippen molar-refractivity contribution in [2.45, 2.75) is 83.8 Å². The second kappa shape index (κ2) is 16.1. The summed E-state index contributed by atoms with van der Waals surface area (Å²) in [4.78, 5) is 54.0. The van der Waals surface area contributed by atoms with Gasteiger partial charge in [-0.2, -0.15) is 0 Å². The highest BCUT2D eigenvalue weighted by Gasteiger charge is 2.41. The van der Waals surface area contributed by atoms with Crippen LogP contribution >= 0.6 is 11.6 Å². The van der Waals surface area contributed by atoms with E-state index in [2.05, 4.69) is 15.4 Å². The number of hydrogen-bond donors (Lipinski definition) is 3. The minimum absolute atomic E-state index is 0.0216. The van der Waals surface area contributed by atoms with Crippen LogP contribution in [0.25, 0.3) is 0 Å². The van der Waals surface area contributed by atoms with Crippen LogP contribution in [0.2, 0.25) is 5.02 Å². The molecule has 0 spiro atoms. The van der Waals surface area contributed by atoms with E-state index in [0.29, 0.717) is 0 Å². The van der Waals surface area contributed by atoms with Gasteiger partial charge in [-0.1, -0.05) is 96.5 Å². The third kappa shape index (κ3) is 9.67. The number of esters is 1. The van der Waals surface area contributed by atoms with Gasteiger partial charge in [-0.25, -0.2) is 17.9 Å². The van der Waals surface area contributed by atoms with Crippen molar-refractivity contribution >= 4 is 45.3 Å². The van der Waals surface area contributed by atoms with E-state index < -0.39 is 55.8 Å². The Labute approximate surface area is 289 Å². The summed E-state index contributed by atoms with van der Waals surface area (Å²) in [7, 11) is -0.0632. The Morgan fingerprint density at radius 2 is 1.54 bits per heavy atom. The molecule has 3 atom stereocenters. The number of benzene rings is 2. The van der Waals surface area contributed by atoms with Crippen LogP contribution in [0.3, 0.4) is 0 Å². The molecule has 264 valence electrons. The molecule has 11 nitrogen and oxygen atoms in total. The van der Waals surface area contributed by atoms with Crippen molar-refractivity contribution in [3.8, 4) is 0 Å². The molecule has 0 aromatic heterocycles. The maximum absolute atomic E-state index is 14.1. The van der Waals surface area contributed by atoms with Crippen LogP contribution in [-0.2, 0) is 34.6 Å². The summed E-state index contributed by atoms with van der Waals surface area (Å²) in [6, 6.07) is 10.9. The van der Waals surface area contributed by atoms with Crippen LogP contribution in [0.15, 0.2) is 65.1 Å². The highest BCUT2D eigenvalue weighted by atomic mass is 35.5. The number of nitrogens with zero attached hydrogens (tertiary/aromatic N) is 1. The molecule has 0 unspecified atom stereocenters. The lowest BCUT2D eigenvalue weighted by Gasteiger charge is -2.40. The maximum Gasteiger partial charge on any atom is 0.337 e. The molecule has 48 heavy (non-hydrogen) atoms. The molecular weight excluding hydrogens is 656 g/mol. The maximum atomic E-state index is 14.1. The predicted molar refractivity (Wildman–Crippen MR) is 187 cm³/mol. The van der Waals surface area contributed by atoms with Gasteiger partial charge in [0.2, 0.25) is 11.8 Å². The molecule has 0 heterocycles. The smallest absolute Gasteiger partial charge is 0.337 e. The van der Waals surface area contributed by atoms with E-state index in [0.717, 1.165) is 18.7 Å². The molecule has 0 aliphatic carbocycles. The number of carbonyl (C=O) groups excluding carboxylic acids is 4. The van der Waals surface area contributed by atoms with E-state index >= 15 is 0 Å². The van der Waals surface area contributed by atoms with Crippen molar-refractivity contribution in [2.75, 3.05) is 21.2 Å². The monoisotopic (exact) mass is 704 g/mol. The van der Waals surface area contributed by atoms with Gasteiger partial charge < -0.3 is 20.3 Å². The minimum Gasteiger partial charge on any atom is -0.465 e. The van der Waals surface area contributed by atoms with Gasteiger partial charge in [0.25, 0.3) is 15.9 Å². The molecule has 13 heteroatoms. The molecule has 0 aliphatic rings. The van der Waals surface area contributed by atoms with Crippen molar-refractivity contribution in [3.63, 3.8) is 0 Å². The number of sulfonamides is 1. The largest absolute Gasteiger partial charge is 0.465 e. The third-order valence-corrected chi connectivity index (χ3v) is 10.1. The summed E-state index contributed by atoms with van der Waals surface area (Å²) in [5.41, 5.74) is -0.397. The number of halogens is 1. The van der Waals surface area contributed by atoms with Crippen molar-refractivity contribution in [3.05, 3.63) is 76.3 Å². The number of ether oxygens (including phenoxy) is 1. The van der Waals surface area contributed by atoms with Crippen molar-refractivity contribution in [1.29, 1.82) is 0 Å². The molecule has 2 aromatic carbocycles. The molecule has 3 N–H and O–H groups in total.